The lowest BCUT2D eigenvalue weighted by Crippen LogP contribution is -2.50. The topological polar surface area (TPSA) is 49.4 Å². The van der Waals surface area contributed by atoms with Gasteiger partial charge in [0.1, 0.15) is 6.04 Å². The second kappa shape index (κ2) is 12.6. The quantitative estimate of drug-likeness (QED) is 0.473. The number of nitrogens with zero attached hydrogens (tertiary/aromatic N) is 1. The van der Waals surface area contributed by atoms with Crippen LogP contribution in [0.2, 0.25) is 10.0 Å². The Morgan fingerprint density at radius 1 is 1.00 bits per heavy atom. The Morgan fingerprint density at radius 2 is 1.67 bits per heavy atom. The van der Waals surface area contributed by atoms with Gasteiger partial charge in [-0.05, 0) is 42.5 Å². The van der Waals surface area contributed by atoms with E-state index >= 15 is 0 Å². The summed E-state index contributed by atoms with van der Waals surface area (Å²) in [7, 11) is 0. The van der Waals surface area contributed by atoms with Crippen molar-refractivity contribution in [3.05, 3.63) is 69.7 Å². The maximum atomic E-state index is 13.3. The predicted octanol–water partition coefficient (Wildman–Crippen LogP) is 5.30. The summed E-state index contributed by atoms with van der Waals surface area (Å²) in [5.74, 6) is -0.268. The number of hydrogen-bond acceptors (Lipinski definition) is 2. The molecule has 0 saturated carbocycles. The second-order valence-corrected chi connectivity index (χ2v) is 8.08. The van der Waals surface area contributed by atoms with Crippen molar-refractivity contribution in [3.63, 3.8) is 0 Å². The van der Waals surface area contributed by atoms with Crippen LogP contribution >= 0.6 is 23.2 Å². The fourth-order valence-corrected chi connectivity index (χ4v) is 3.89. The molecule has 0 aromatic heterocycles. The van der Waals surface area contributed by atoms with Crippen molar-refractivity contribution in [2.45, 2.75) is 52.0 Å². The predicted molar refractivity (Wildman–Crippen MR) is 124 cm³/mol. The van der Waals surface area contributed by atoms with E-state index in [1.165, 1.54) is 0 Å². The Labute approximate surface area is 189 Å². The van der Waals surface area contributed by atoms with E-state index in [-0.39, 0.29) is 18.2 Å². The van der Waals surface area contributed by atoms with Gasteiger partial charge in [0.2, 0.25) is 11.8 Å². The molecule has 2 amide bonds. The molecule has 2 aromatic carbocycles. The smallest absolute Gasteiger partial charge is 0.242 e. The number of hydrogen-bond donors (Lipinski definition) is 1. The molecular formula is C24H30Cl2N2O2. The number of carbonyl (C=O) groups is 2. The van der Waals surface area contributed by atoms with Crippen LogP contribution in [0.3, 0.4) is 0 Å². The molecule has 30 heavy (non-hydrogen) atoms. The maximum Gasteiger partial charge on any atom is 0.242 e. The van der Waals surface area contributed by atoms with E-state index in [2.05, 4.69) is 12.2 Å². The zero-order chi connectivity index (χ0) is 21.9. The second-order valence-electron chi connectivity index (χ2n) is 7.27. The van der Waals surface area contributed by atoms with Crippen molar-refractivity contribution in [2.75, 3.05) is 13.1 Å². The number of carbonyl (C=O) groups excluding carboxylic acids is 2. The Hall–Kier alpha value is -2.04. The third kappa shape index (κ3) is 7.03. The number of nitrogens with one attached hydrogen (secondary N) is 1. The highest BCUT2D eigenvalue weighted by atomic mass is 35.5. The van der Waals surface area contributed by atoms with Gasteiger partial charge in [-0.25, -0.2) is 0 Å². The molecule has 2 aromatic rings. The Balaban J connectivity index is 2.21. The molecule has 6 heteroatoms. The first-order valence-electron chi connectivity index (χ1n) is 10.5. The molecule has 162 valence electrons. The molecule has 0 bridgehead atoms. The molecule has 1 N–H and O–H groups in total. The average Bonchev–Trinajstić information content (AvgIpc) is 2.74. The highest BCUT2D eigenvalue weighted by molar-refractivity contribution is 6.36. The van der Waals surface area contributed by atoms with Crippen LogP contribution in [0.4, 0.5) is 0 Å². The summed E-state index contributed by atoms with van der Waals surface area (Å²) in [6.07, 6.45) is 3.18. The van der Waals surface area contributed by atoms with E-state index in [1.807, 2.05) is 37.3 Å². The molecule has 1 atom stereocenters. The van der Waals surface area contributed by atoms with Crippen LogP contribution in [0.25, 0.3) is 0 Å². The van der Waals surface area contributed by atoms with Crippen LogP contribution in [0.5, 0.6) is 0 Å². The van der Waals surface area contributed by atoms with E-state index in [0.717, 1.165) is 18.4 Å². The van der Waals surface area contributed by atoms with Crippen LogP contribution in [0, 0.1) is 0 Å². The fraction of sp³-hybridized carbons (Fsp3) is 0.417. The molecule has 0 aliphatic rings. The van der Waals surface area contributed by atoms with Crippen molar-refractivity contribution in [2.24, 2.45) is 0 Å². The van der Waals surface area contributed by atoms with E-state index < -0.39 is 6.04 Å². The number of benzene rings is 2. The van der Waals surface area contributed by atoms with E-state index in [4.69, 9.17) is 23.2 Å². The third-order valence-electron chi connectivity index (χ3n) is 5.09. The minimum absolute atomic E-state index is 0.0615. The van der Waals surface area contributed by atoms with Gasteiger partial charge in [0, 0.05) is 23.1 Å². The van der Waals surface area contributed by atoms with Gasteiger partial charge < -0.3 is 10.2 Å². The molecule has 2 rings (SSSR count). The fourth-order valence-electron chi connectivity index (χ4n) is 3.36. The van der Waals surface area contributed by atoms with Gasteiger partial charge in [-0.1, -0.05) is 79.9 Å². The normalized spacial score (nSPS) is 11.7. The Bertz CT molecular complexity index is 807. The molecule has 0 spiro atoms. The van der Waals surface area contributed by atoms with Gasteiger partial charge in [-0.3, -0.25) is 9.59 Å². The molecule has 0 aliphatic heterocycles. The van der Waals surface area contributed by atoms with Gasteiger partial charge in [-0.15, -0.1) is 0 Å². The third-order valence-corrected chi connectivity index (χ3v) is 5.80. The van der Waals surface area contributed by atoms with Crippen LogP contribution in [0.15, 0.2) is 48.5 Å². The van der Waals surface area contributed by atoms with Gasteiger partial charge in [0.15, 0.2) is 0 Å². The van der Waals surface area contributed by atoms with Gasteiger partial charge in [0.25, 0.3) is 0 Å². The van der Waals surface area contributed by atoms with Crippen molar-refractivity contribution < 1.29 is 9.59 Å². The highest BCUT2D eigenvalue weighted by Gasteiger charge is 2.28. The molecule has 0 aliphatic carbocycles. The zero-order valence-corrected chi connectivity index (χ0v) is 19.2. The Kier molecular flexibility index (Phi) is 10.2. The molecule has 0 unspecified atom stereocenters. The zero-order valence-electron chi connectivity index (χ0n) is 17.7. The highest BCUT2D eigenvalue weighted by Crippen LogP contribution is 2.25. The number of amides is 2. The molecule has 0 fully saturated rings. The van der Waals surface area contributed by atoms with E-state index in [9.17, 15) is 9.59 Å². The number of halogens is 2. The SMILES string of the molecule is CCCCNC(=O)[C@H](CC)N(CCc1ccccc1)C(=O)Cc1c(Cl)cccc1Cl. The van der Waals surface area contributed by atoms with Crippen molar-refractivity contribution >= 4 is 35.0 Å². The molecule has 0 heterocycles. The average molecular weight is 449 g/mol. The monoisotopic (exact) mass is 448 g/mol. The Morgan fingerprint density at radius 3 is 2.27 bits per heavy atom. The van der Waals surface area contributed by atoms with Gasteiger partial charge in [-0.2, -0.15) is 0 Å². The summed E-state index contributed by atoms with van der Waals surface area (Å²) < 4.78 is 0. The summed E-state index contributed by atoms with van der Waals surface area (Å²) in [6.45, 7) is 5.06. The standard InChI is InChI=1S/C24H30Cl2N2O2/c1-3-5-15-27-24(30)22(4-2)28(16-14-18-10-7-6-8-11-18)23(29)17-19-20(25)12-9-13-21(19)26/h6-13,22H,3-5,14-17H2,1-2H3,(H,27,30)/t22-/m0/s1. The van der Waals surface area contributed by atoms with Crippen molar-refractivity contribution in [3.8, 4) is 0 Å². The largest absolute Gasteiger partial charge is 0.354 e. The molecule has 0 radical (unpaired) electrons. The van der Waals surface area contributed by atoms with E-state index in [0.29, 0.717) is 41.5 Å². The first kappa shape index (κ1) is 24.2. The number of rotatable bonds is 11. The first-order valence-corrected chi connectivity index (χ1v) is 11.3. The summed E-state index contributed by atoms with van der Waals surface area (Å²) in [6, 6.07) is 14.6. The molecular weight excluding hydrogens is 419 g/mol. The summed E-state index contributed by atoms with van der Waals surface area (Å²) in [5.41, 5.74) is 1.71. The number of unbranched alkanes of at least 4 members (excludes halogenated alkanes) is 1. The molecule has 0 saturated heterocycles. The van der Waals surface area contributed by atoms with Crippen molar-refractivity contribution in [1.82, 2.24) is 10.2 Å². The summed E-state index contributed by atoms with van der Waals surface area (Å²) in [4.78, 5) is 27.8. The van der Waals surface area contributed by atoms with Gasteiger partial charge >= 0.3 is 0 Å². The summed E-state index contributed by atoms with van der Waals surface area (Å²) >= 11 is 12.6. The lowest BCUT2D eigenvalue weighted by molar-refractivity contribution is -0.140. The van der Waals surface area contributed by atoms with Crippen LogP contribution in [0.1, 0.15) is 44.2 Å². The lowest BCUT2D eigenvalue weighted by Gasteiger charge is -2.31. The maximum absolute atomic E-state index is 13.3. The van der Waals surface area contributed by atoms with Crippen LogP contribution < -0.4 is 5.32 Å². The van der Waals surface area contributed by atoms with E-state index in [1.54, 1.807) is 23.1 Å². The minimum Gasteiger partial charge on any atom is -0.354 e. The summed E-state index contributed by atoms with van der Waals surface area (Å²) in [5, 5.41) is 3.89. The minimum atomic E-state index is -0.528. The first-order chi connectivity index (χ1) is 14.5. The van der Waals surface area contributed by atoms with Crippen LogP contribution in [-0.4, -0.2) is 35.8 Å². The lowest BCUT2D eigenvalue weighted by atomic mass is 10.1. The van der Waals surface area contributed by atoms with Gasteiger partial charge in [0.05, 0.1) is 6.42 Å². The van der Waals surface area contributed by atoms with Crippen molar-refractivity contribution in [1.29, 1.82) is 0 Å². The van der Waals surface area contributed by atoms with Crippen LogP contribution in [-0.2, 0) is 22.4 Å². The molecule has 4 nitrogen and oxygen atoms in total.